The van der Waals surface area contributed by atoms with E-state index >= 15 is 0 Å². The molecular weight excluding hydrogens is 332 g/mol. The average Bonchev–Trinajstić information content (AvgIpc) is 2.46. The minimum Gasteiger partial charge on any atom is -0.480 e. The third kappa shape index (κ3) is 6.20. The Kier molecular flexibility index (Phi) is 7.71. The molecule has 1 rings (SSSR count). The highest BCUT2D eigenvalue weighted by molar-refractivity contribution is 6.34. The van der Waals surface area contributed by atoms with Crippen molar-refractivity contribution in [2.75, 3.05) is 18.4 Å². The molecule has 0 fully saturated rings. The van der Waals surface area contributed by atoms with Gasteiger partial charge >= 0.3 is 5.97 Å². The van der Waals surface area contributed by atoms with Crippen LogP contribution in [0.4, 0.5) is 5.69 Å². The number of rotatable bonds is 8. The molecule has 0 spiro atoms. The van der Waals surface area contributed by atoms with Gasteiger partial charge in [-0.25, -0.2) is 0 Å². The monoisotopic (exact) mass is 354 g/mol. The van der Waals surface area contributed by atoms with Gasteiger partial charge in [0.05, 0.1) is 10.6 Å². The average molecular weight is 355 g/mol. The van der Waals surface area contributed by atoms with E-state index in [0.717, 1.165) is 0 Å². The number of halogens is 1. The molecule has 24 heavy (non-hydrogen) atoms. The van der Waals surface area contributed by atoms with Gasteiger partial charge < -0.3 is 15.3 Å². The summed E-state index contributed by atoms with van der Waals surface area (Å²) >= 11 is 6.09. The Bertz CT molecular complexity index is 617. The summed E-state index contributed by atoms with van der Waals surface area (Å²) in [7, 11) is 0. The van der Waals surface area contributed by atoms with Gasteiger partial charge in [0.1, 0.15) is 6.54 Å². The molecule has 0 heterocycles. The van der Waals surface area contributed by atoms with Gasteiger partial charge in [-0.2, -0.15) is 0 Å². The van der Waals surface area contributed by atoms with Crippen LogP contribution in [0.3, 0.4) is 0 Å². The van der Waals surface area contributed by atoms with Crippen LogP contribution in [0, 0.1) is 5.92 Å². The van der Waals surface area contributed by atoms with Crippen molar-refractivity contribution in [3.05, 3.63) is 28.8 Å². The topological polar surface area (TPSA) is 86.7 Å². The number of aliphatic carboxylic acids is 1. The second kappa shape index (κ2) is 9.27. The molecule has 6 nitrogen and oxygen atoms in total. The number of nitrogens with zero attached hydrogens (tertiary/aromatic N) is 1. The van der Waals surface area contributed by atoms with Crippen LogP contribution in [-0.4, -0.2) is 40.9 Å². The molecule has 0 saturated heterocycles. The predicted octanol–water partition coefficient (Wildman–Crippen LogP) is 3.26. The van der Waals surface area contributed by atoms with Crippen LogP contribution in [0.2, 0.25) is 5.02 Å². The van der Waals surface area contributed by atoms with E-state index in [1.165, 1.54) is 17.0 Å². The number of hydrogen-bond donors (Lipinski definition) is 2. The number of carbonyl (C=O) groups is 3. The summed E-state index contributed by atoms with van der Waals surface area (Å²) < 4.78 is 0. The molecule has 0 aromatic heterocycles. The fourth-order valence-electron chi connectivity index (χ4n) is 2.21. The number of hydrogen-bond acceptors (Lipinski definition) is 3. The normalized spacial score (nSPS) is 10.5. The van der Waals surface area contributed by atoms with Gasteiger partial charge in [0.2, 0.25) is 5.91 Å². The number of amides is 2. The predicted molar refractivity (Wildman–Crippen MR) is 93.4 cm³/mol. The molecule has 1 aromatic carbocycles. The first-order valence-electron chi connectivity index (χ1n) is 7.85. The maximum absolute atomic E-state index is 12.6. The highest BCUT2D eigenvalue weighted by Gasteiger charge is 2.21. The minimum absolute atomic E-state index is 0.151. The molecule has 0 atom stereocenters. The van der Waals surface area contributed by atoms with Crippen molar-refractivity contribution in [3.63, 3.8) is 0 Å². The lowest BCUT2D eigenvalue weighted by molar-refractivity contribution is -0.137. The van der Waals surface area contributed by atoms with Crippen LogP contribution >= 0.6 is 11.6 Å². The van der Waals surface area contributed by atoms with E-state index in [0.29, 0.717) is 25.1 Å². The lowest BCUT2D eigenvalue weighted by Gasteiger charge is -2.21. The van der Waals surface area contributed by atoms with E-state index in [2.05, 4.69) is 5.32 Å². The molecule has 0 aliphatic heterocycles. The maximum Gasteiger partial charge on any atom is 0.323 e. The Morgan fingerprint density at radius 2 is 1.96 bits per heavy atom. The van der Waals surface area contributed by atoms with Gasteiger partial charge in [-0.3, -0.25) is 14.4 Å². The maximum atomic E-state index is 12.6. The van der Waals surface area contributed by atoms with E-state index in [1.54, 1.807) is 6.07 Å². The summed E-state index contributed by atoms with van der Waals surface area (Å²) in [5, 5.41) is 11.9. The van der Waals surface area contributed by atoms with Gasteiger partial charge in [-0.1, -0.05) is 32.4 Å². The highest BCUT2D eigenvalue weighted by atomic mass is 35.5. The van der Waals surface area contributed by atoms with Crippen molar-refractivity contribution < 1.29 is 19.5 Å². The Morgan fingerprint density at radius 3 is 2.50 bits per heavy atom. The Labute approximate surface area is 146 Å². The van der Waals surface area contributed by atoms with Crippen LogP contribution in [0.25, 0.3) is 0 Å². The molecule has 132 valence electrons. The summed E-state index contributed by atoms with van der Waals surface area (Å²) in [6.45, 7) is 5.64. The van der Waals surface area contributed by atoms with Crippen molar-refractivity contribution in [3.8, 4) is 0 Å². The molecular formula is C17H23ClN2O4. The van der Waals surface area contributed by atoms with Crippen molar-refractivity contribution in [1.29, 1.82) is 0 Å². The second-order valence-electron chi connectivity index (χ2n) is 5.96. The van der Waals surface area contributed by atoms with Gasteiger partial charge in [-0.15, -0.1) is 0 Å². The fraction of sp³-hybridized carbons (Fsp3) is 0.471. The zero-order chi connectivity index (χ0) is 18.3. The van der Waals surface area contributed by atoms with Gasteiger partial charge in [-0.05, 0) is 30.5 Å². The first-order valence-corrected chi connectivity index (χ1v) is 8.22. The van der Waals surface area contributed by atoms with E-state index < -0.39 is 18.4 Å². The highest BCUT2D eigenvalue weighted by Crippen LogP contribution is 2.23. The SMILES string of the molecule is CCCN(CC(=O)O)C(=O)c1cc(NC(=O)CC(C)C)ccc1Cl. The van der Waals surface area contributed by atoms with E-state index in [4.69, 9.17) is 16.7 Å². The molecule has 0 aliphatic rings. The summed E-state index contributed by atoms with van der Waals surface area (Å²) in [5.41, 5.74) is 0.633. The van der Waals surface area contributed by atoms with Crippen LogP contribution in [0.15, 0.2) is 18.2 Å². The van der Waals surface area contributed by atoms with Gasteiger partial charge in [0, 0.05) is 18.7 Å². The summed E-state index contributed by atoms with van der Waals surface area (Å²) in [4.78, 5) is 36.6. The van der Waals surface area contributed by atoms with E-state index in [-0.39, 0.29) is 22.4 Å². The molecule has 0 bridgehead atoms. The number of carbonyl (C=O) groups excluding carboxylic acids is 2. The molecule has 1 aromatic rings. The summed E-state index contributed by atoms with van der Waals surface area (Å²) in [6.07, 6.45) is 0.994. The van der Waals surface area contributed by atoms with E-state index in [9.17, 15) is 14.4 Å². The lowest BCUT2D eigenvalue weighted by atomic mass is 10.1. The van der Waals surface area contributed by atoms with Crippen LogP contribution < -0.4 is 5.32 Å². The zero-order valence-corrected chi connectivity index (χ0v) is 14.9. The molecule has 0 unspecified atom stereocenters. The first kappa shape index (κ1) is 20.0. The van der Waals surface area contributed by atoms with Crippen LogP contribution in [-0.2, 0) is 9.59 Å². The minimum atomic E-state index is -1.09. The Balaban J connectivity index is 3.00. The van der Waals surface area contributed by atoms with Crippen molar-refractivity contribution in [2.45, 2.75) is 33.6 Å². The number of carboxylic acid groups (broad SMARTS) is 1. The number of anilines is 1. The Morgan fingerprint density at radius 1 is 1.29 bits per heavy atom. The fourth-order valence-corrected chi connectivity index (χ4v) is 2.40. The quantitative estimate of drug-likeness (QED) is 0.750. The lowest BCUT2D eigenvalue weighted by Crippen LogP contribution is -2.36. The molecule has 0 radical (unpaired) electrons. The van der Waals surface area contributed by atoms with Crippen LogP contribution in [0.5, 0.6) is 0 Å². The van der Waals surface area contributed by atoms with Gasteiger partial charge in [0.15, 0.2) is 0 Å². The van der Waals surface area contributed by atoms with Crippen molar-refractivity contribution in [1.82, 2.24) is 4.90 Å². The standard InChI is InChI=1S/C17H23ClN2O4/c1-4-7-20(10-16(22)23)17(24)13-9-12(5-6-14(13)18)19-15(21)8-11(2)3/h5-6,9,11H,4,7-8,10H2,1-3H3,(H,19,21)(H,22,23). The third-order valence-electron chi connectivity index (χ3n) is 3.18. The first-order chi connectivity index (χ1) is 11.2. The Hall–Kier alpha value is -2.08. The van der Waals surface area contributed by atoms with Crippen LogP contribution in [0.1, 0.15) is 44.0 Å². The van der Waals surface area contributed by atoms with Crippen molar-refractivity contribution in [2.24, 2.45) is 5.92 Å². The molecule has 7 heteroatoms. The number of nitrogens with one attached hydrogen (secondary N) is 1. The second-order valence-corrected chi connectivity index (χ2v) is 6.37. The summed E-state index contributed by atoms with van der Waals surface area (Å²) in [5.74, 6) is -1.49. The molecule has 2 amide bonds. The molecule has 0 aliphatic carbocycles. The molecule has 2 N–H and O–H groups in total. The van der Waals surface area contributed by atoms with Crippen molar-refractivity contribution >= 4 is 35.1 Å². The zero-order valence-electron chi connectivity index (χ0n) is 14.1. The summed E-state index contributed by atoms with van der Waals surface area (Å²) in [6, 6.07) is 4.61. The number of benzene rings is 1. The van der Waals surface area contributed by atoms with Gasteiger partial charge in [0.25, 0.3) is 5.91 Å². The largest absolute Gasteiger partial charge is 0.480 e. The molecule has 0 saturated carbocycles. The number of carboxylic acids is 1. The smallest absolute Gasteiger partial charge is 0.323 e. The van der Waals surface area contributed by atoms with E-state index in [1.807, 2.05) is 20.8 Å². The third-order valence-corrected chi connectivity index (χ3v) is 3.51.